The lowest BCUT2D eigenvalue weighted by Gasteiger charge is -2.14. The van der Waals surface area contributed by atoms with Gasteiger partial charge in [-0.15, -0.1) is 6.42 Å². The second-order valence-corrected chi connectivity index (χ2v) is 4.54. The van der Waals surface area contributed by atoms with Gasteiger partial charge < -0.3 is 10.6 Å². The van der Waals surface area contributed by atoms with Crippen LogP contribution in [-0.2, 0) is 4.79 Å². The molecule has 0 fully saturated rings. The average Bonchev–Trinajstić information content (AvgIpc) is 2.25. The maximum atomic E-state index is 11.5. The van der Waals surface area contributed by atoms with E-state index in [-0.39, 0.29) is 18.5 Å². The Kier molecular flexibility index (Phi) is 5.12. The highest BCUT2D eigenvalue weighted by molar-refractivity contribution is 14.1. The Hall–Kier alpha value is -1.22. The van der Waals surface area contributed by atoms with Crippen molar-refractivity contribution < 1.29 is 4.79 Å². The third-order valence-electron chi connectivity index (χ3n) is 1.97. The van der Waals surface area contributed by atoms with Crippen molar-refractivity contribution in [3.8, 4) is 12.3 Å². The number of halogens is 1. The smallest absolute Gasteiger partial charge is 0.242 e. The van der Waals surface area contributed by atoms with Gasteiger partial charge in [0.25, 0.3) is 0 Å². The van der Waals surface area contributed by atoms with E-state index in [9.17, 15) is 4.79 Å². The van der Waals surface area contributed by atoms with Crippen molar-refractivity contribution in [2.24, 2.45) is 0 Å². The molecular formula is C12H13IN2O. The van der Waals surface area contributed by atoms with Crippen LogP contribution in [0.25, 0.3) is 0 Å². The summed E-state index contributed by atoms with van der Waals surface area (Å²) >= 11 is 2.23. The van der Waals surface area contributed by atoms with Crippen molar-refractivity contribution in [2.75, 3.05) is 11.9 Å². The van der Waals surface area contributed by atoms with Gasteiger partial charge in [0.2, 0.25) is 5.91 Å². The lowest BCUT2D eigenvalue weighted by atomic mass is 10.2. The lowest BCUT2D eigenvalue weighted by Crippen LogP contribution is -2.37. The standard InChI is InChI=1S/C12H13IN2O/c1-3-7-14-12(16)9(2)15-11-6-4-5-10(13)8-11/h1,4-6,8-9,15H,7H2,2H3,(H,14,16). The fourth-order valence-electron chi connectivity index (χ4n) is 1.19. The molecule has 2 N–H and O–H groups in total. The van der Waals surface area contributed by atoms with Crippen molar-refractivity contribution in [2.45, 2.75) is 13.0 Å². The first-order valence-corrected chi connectivity index (χ1v) is 5.94. The number of hydrogen-bond donors (Lipinski definition) is 2. The largest absolute Gasteiger partial charge is 0.374 e. The third-order valence-corrected chi connectivity index (χ3v) is 2.64. The maximum Gasteiger partial charge on any atom is 0.242 e. The van der Waals surface area contributed by atoms with Crippen molar-refractivity contribution in [3.63, 3.8) is 0 Å². The molecule has 0 aliphatic heterocycles. The van der Waals surface area contributed by atoms with Crippen LogP contribution in [-0.4, -0.2) is 18.5 Å². The molecule has 1 aromatic rings. The number of benzene rings is 1. The van der Waals surface area contributed by atoms with Gasteiger partial charge in [-0.05, 0) is 47.7 Å². The highest BCUT2D eigenvalue weighted by atomic mass is 127. The van der Waals surface area contributed by atoms with Gasteiger partial charge in [0, 0.05) is 9.26 Å². The Labute approximate surface area is 109 Å². The molecule has 0 saturated carbocycles. The molecule has 1 aromatic carbocycles. The second-order valence-electron chi connectivity index (χ2n) is 3.30. The van der Waals surface area contributed by atoms with Gasteiger partial charge >= 0.3 is 0 Å². The number of nitrogens with one attached hydrogen (secondary N) is 2. The highest BCUT2D eigenvalue weighted by Crippen LogP contribution is 2.13. The molecule has 0 aliphatic carbocycles. The van der Waals surface area contributed by atoms with Crippen LogP contribution < -0.4 is 10.6 Å². The van der Waals surface area contributed by atoms with E-state index in [4.69, 9.17) is 6.42 Å². The van der Waals surface area contributed by atoms with Crippen molar-refractivity contribution in [3.05, 3.63) is 27.8 Å². The summed E-state index contributed by atoms with van der Waals surface area (Å²) in [4.78, 5) is 11.5. The number of anilines is 1. The number of carbonyl (C=O) groups excluding carboxylic acids is 1. The van der Waals surface area contributed by atoms with Crippen LogP contribution >= 0.6 is 22.6 Å². The molecule has 3 nitrogen and oxygen atoms in total. The molecule has 0 radical (unpaired) electrons. The van der Waals surface area contributed by atoms with Gasteiger partial charge in [-0.3, -0.25) is 4.79 Å². The van der Waals surface area contributed by atoms with Crippen LogP contribution in [0.3, 0.4) is 0 Å². The van der Waals surface area contributed by atoms with Gasteiger partial charge in [-0.2, -0.15) is 0 Å². The molecule has 16 heavy (non-hydrogen) atoms. The average molecular weight is 328 g/mol. The summed E-state index contributed by atoms with van der Waals surface area (Å²) < 4.78 is 1.12. The van der Waals surface area contributed by atoms with Crippen molar-refractivity contribution in [1.29, 1.82) is 0 Å². The van der Waals surface area contributed by atoms with Crippen LogP contribution in [0.2, 0.25) is 0 Å². The van der Waals surface area contributed by atoms with Crippen LogP contribution in [0.1, 0.15) is 6.92 Å². The minimum Gasteiger partial charge on any atom is -0.374 e. The maximum absolute atomic E-state index is 11.5. The minimum atomic E-state index is -0.299. The fourth-order valence-corrected chi connectivity index (χ4v) is 1.73. The normalized spacial score (nSPS) is 11.3. The Morgan fingerprint density at radius 2 is 2.38 bits per heavy atom. The summed E-state index contributed by atoms with van der Waals surface area (Å²) in [6.45, 7) is 2.06. The summed E-state index contributed by atoms with van der Waals surface area (Å²) in [7, 11) is 0. The molecule has 1 rings (SSSR count). The first-order valence-electron chi connectivity index (χ1n) is 4.86. The summed E-state index contributed by atoms with van der Waals surface area (Å²) in [6, 6.07) is 7.54. The first-order chi connectivity index (χ1) is 7.63. The number of amides is 1. The molecule has 0 aromatic heterocycles. The van der Waals surface area contributed by atoms with E-state index in [0.29, 0.717) is 0 Å². The Morgan fingerprint density at radius 3 is 3.00 bits per heavy atom. The lowest BCUT2D eigenvalue weighted by molar-refractivity contribution is -0.121. The van der Waals surface area contributed by atoms with E-state index >= 15 is 0 Å². The SMILES string of the molecule is C#CCNC(=O)C(C)Nc1cccc(I)c1. The van der Waals surface area contributed by atoms with E-state index in [2.05, 4.69) is 39.1 Å². The Morgan fingerprint density at radius 1 is 1.62 bits per heavy atom. The molecule has 84 valence electrons. The molecule has 1 amide bonds. The molecular weight excluding hydrogens is 315 g/mol. The summed E-state index contributed by atoms with van der Waals surface area (Å²) in [5.41, 5.74) is 0.926. The zero-order valence-electron chi connectivity index (χ0n) is 8.96. The molecule has 1 atom stereocenters. The van der Waals surface area contributed by atoms with Crippen molar-refractivity contribution in [1.82, 2.24) is 5.32 Å². The van der Waals surface area contributed by atoms with Crippen LogP contribution in [0.5, 0.6) is 0 Å². The summed E-state index contributed by atoms with van der Waals surface area (Å²) in [6.07, 6.45) is 5.06. The number of hydrogen-bond acceptors (Lipinski definition) is 2. The Bertz CT molecular complexity index is 412. The van der Waals surface area contributed by atoms with Crippen LogP contribution in [0.4, 0.5) is 5.69 Å². The zero-order valence-corrected chi connectivity index (χ0v) is 11.1. The molecule has 0 saturated heterocycles. The molecule has 4 heteroatoms. The predicted molar refractivity (Wildman–Crippen MR) is 74.1 cm³/mol. The highest BCUT2D eigenvalue weighted by Gasteiger charge is 2.11. The second kappa shape index (κ2) is 6.38. The van der Waals surface area contributed by atoms with E-state index < -0.39 is 0 Å². The van der Waals surface area contributed by atoms with E-state index in [1.807, 2.05) is 24.3 Å². The van der Waals surface area contributed by atoms with Gasteiger partial charge in [-0.1, -0.05) is 12.0 Å². The number of terminal acetylenes is 1. The Balaban J connectivity index is 2.54. The molecule has 0 spiro atoms. The van der Waals surface area contributed by atoms with Crippen LogP contribution in [0, 0.1) is 15.9 Å². The zero-order chi connectivity index (χ0) is 12.0. The van der Waals surface area contributed by atoms with Gasteiger partial charge in [-0.25, -0.2) is 0 Å². The minimum absolute atomic E-state index is 0.100. The molecule has 0 aliphatic rings. The molecule has 0 heterocycles. The summed E-state index contributed by atoms with van der Waals surface area (Å²) in [5, 5.41) is 5.73. The quantitative estimate of drug-likeness (QED) is 0.654. The number of carbonyl (C=O) groups is 1. The summed E-state index contributed by atoms with van der Waals surface area (Å²) in [5.74, 6) is 2.27. The monoisotopic (exact) mass is 328 g/mol. The van der Waals surface area contributed by atoms with Crippen molar-refractivity contribution >= 4 is 34.2 Å². The van der Waals surface area contributed by atoms with Gasteiger partial charge in [0.15, 0.2) is 0 Å². The van der Waals surface area contributed by atoms with E-state index in [0.717, 1.165) is 9.26 Å². The van der Waals surface area contributed by atoms with Crippen LogP contribution in [0.15, 0.2) is 24.3 Å². The number of rotatable bonds is 4. The van der Waals surface area contributed by atoms with Gasteiger partial charge in [0.1, 0.15) is 6.04 Å². The molecule has 1 unspecified atom stereocenters. The molecule has 0 bridgehead atoms. The fraction of sp³-hybridized carbons (Fsp3) is 0.250. The van der Waals surface area contributed by atoms with Gasteiger partial charge in [0.05, 0.1) is 6.54 Å². The third kappa shape index (κ3) is 4.11. The topological polar surface area (TPSA) is 41.1 Å². The first kappa shape index (κ1) is 12.8. The van der Waals surface area contributed by atoms with E-state index in [1.54, 1.807) is 6.92 Å². The predicted octanol–water partition coefficient (Wildman–Crippen LogP) is 1.84. The van der Waals surface area contributed by atoms with E-state index in [1.165, 1.54) is 0 Å².